The molecule has 2 heterocycles. The standard InChI is InChI=1S/C10H13FN2/c11-4-9-6-13-7-10(9)8-2-1-3-12-5-8/h1-3,5,9-10,13H,4,6-7H2. The maximum Gasteiger partial charge on any atom is 0.0941 e. The Hall–Kier alpha value is -0.960. The zero-order chi connectivity index (χ0) is 9.10. The smallest absolute Gasteiger partial charge is 0.0941 e. The molecule has 0 spiro atoms. The van der Waals surface area contributed by atoms with E-state index in [-0.39, 0.29) is 12.6 Å². The number of alkyl halides is 1. The average Bonchev–Trinajstić information content (AvgIpc) is 2.67. The first-order valence-electron chi connectivity index (χ1n) is 4.58. The van der Waals surface area contributed by atoms with Gasteiger partial charge in [-0.3, -0.25) is 9.37 Å². The summed E-state index contributed by atoms with van der Waals surface area (Å²) in [6, 6.07) is 3.93. The van der Waals surface area contributed by atoms with Gasteiger partial charge in [0.25, 0.3) is 0 Å². The van der Waals surface area contributed by atoms with Crippen molar-refractivity contribution in [2.24, 2.45) is 5.92 Å². The van der Waals surface area contributed by atoms with Gasteiger partial charge in [-0.05, 0) is 11.6 Å². The second-order valence-electron chi connectivity index (χ2n) is 3.47. The van der Waals surface area contributed by atoms with Crippen LogP contribution in [0.5, 0.6) is 0 Å². The van der Waals surface area contributed by atoms with Crippen LogP contribution in [0.15, 0.2) is 24.5 Å². The van der Waals surface area contributed by atoms with Crippen LogP contribution in [0.2, 0.25) is 0 Å². The Morgan fingerprint density at radius 1 is 1.54 bits per heavy atom. The molecular weight excluding hydrogens is 167 g/mol. The van der Waals surface area contributed by atoms with E-state index in [9.17, 15) is 4.39 Å². The fourth-order valence-electron chi connectivity index (χ4n) is 1.88. The van der Waals surface area contributed by atoms with E-state index in [1.807, 2.05) is 18.3 Å². The average molecular weight is 180 g/mol. The molecule has 2 rings (SSSR count). The van der Waals surface area contributed by atoms with Crippen LogP contribution in [-0.2, 0) is 0 Å². The molecule has 0 aromatic carbocycles. The van der Waals surface area contributed by atoms with Gasteiger partial charge in [0.05, 0.1) is 6.67 Å². The number of aromatic nitrogens is 1. The van der Waals surface area contributed by atoms with Crippen LogP contribution in [-0.4, -0.2) is 24.7 Å². The summed E-state index contributed by atoms with van der Waals surface area (Å²) >= 11 is 0. The van der Waals surface area contributed by atoms with Crippen molar-refractivity contribution in [3.05, 3.63) is 30.1 Å². The van der Waals surface area contributed by atoms with Crippen molar-refractivity contribution in [3.63, 3.8) is 0 Å². The first kappa shape index (κ1) is 8.63. The summed E-state index contributed by atoms with van der Waals surface area (Å²) in [6.07, 6.45) is 3.58. The number of rotatable bonds is 2. The van der Waals surface area contributed by atoms with Crippen LogP contribution >= 0.6 is 0 Å². The van der Waals surface area contributed by atoms with E-state index in [1.54, 1.807) is 6.20 Å². The first-order valence-corrected chi connectivity index (χ1v) is 4.58. The first-order chi connectivity index (χ1) is 6.42. The molecule has 13 heavy (non-hydrogen) atoms. The lowest BCUT2D eigenvalue weighted by Gasteiger charge is -2.14. The summed E-state index contributed by atoms with van der Waals surface area (Å²) in [6.45, 7) is 1.42. The Bertz CT molecular complexity index is 263. The molecule has 1 N–H and O–H groups in total. The Kier molecular flexibility index (Phi) is 2.54. The number of nitrogens with one attached hydrogen (secondary N) is 1. The van der Waals surface area contributed by atoms with Crippen molar-refractivity contribution < 1.29 is 4.39 Å². The molecule has 0 bridgehead atoms. The topological polar surface area (TPSA) is 24.9 Å². The fourth-order valence-corrected chi connectivity index (χ4v) is 1.88. The van der Waals surface area contributed by atoms with Gasteiger partial charge < -0.3 is 5.32 Å². The van der Waals surface area contributed by atoms with Crippen LogP contribution < -0.4 is 5.32 Å². The maximum absolute atomic E-state index is 12.6. The number of pyridine rings is 1. The molecule has 2 atom stereocenters. The van der Waals surface area contributed by atoms with Crippen molar-refractivity contribution in [2.75, 3.05) is 19.8 Å². The summed E-state index contributed by atoms with van der Waals surface area (Å²) < 4.78 is 12.6. The lowest BCUT2D eigenvalue weighted by atomic mass is 9.91. The molecule has 0 radical (unpaired) electrons. The highest BCUT2D eigenvalue weighted by Crippen LogP contribution is 2.27. The molecule has 1 aliphatic rings. The number of halogens is 1. The quantitative estimate of drug-likeness (QED) is 0.743. The van der Waals surface area contributed by atoms with Crippen molar-refractivity contribution in [2.45, 2.75) is 5.92 Å². The van der Waals surface area contributed by atoms with E-state index < -0.39 is 0 Å². The van der Waals surface area contributed by atoms with Gasteiger partial charge in [0, 0.05) is 37.3 Å². The SMILES string of the molecule is FCC1CNCC1c1cccnc1. The molecule has 0 aliphatic carbocycles. The molecule has 0 saturated carbocycles. The van der Waals surface area contributed by atoms with Gasteiger partial charge in [0.15, 0.2) is 0 Å². The van der Waals surface area contributed by atoms with Gasteiger partial charge in [0.1, 0.15) is 0 Å². The molecule has 70 valence electrons. The Labute approximate surface area is 77.2 Å². The summed E-state index contributed by atoms with van der Waals surface area (Å²) in [5.41, 5.74) is 1.15. The highest BCUT2D eigenvalue weighted by molar-refractivity contribution is 5.18. The molecule has 1 aromatic heterocycles. The molecule has 1 aliphatic heterocycles. The highest BCUT2D eigenvalue weighted by Gasteiger charge is 2.28. The van der Waals surface area contributed by atoms with E-state index in [0.717, 1.165) is 18.7 Å². The van der Waals surface area contributed by atoms with Crippen molar-refractivity contribution in [3.8, 4) is 0 Å². The normalized spacial score (nSPS) is 27.8. The second-order valence-corrected chi connectivity index (χ2v) is 3.47. The van der Waals surface area contributed by atoms with E-state index in [4.69, 9.17) is 0 Å². The Balaban J connectivity index is 2.16. The number of hydrogen-bond donors (Lipinski definition) is 1. The zero-order valence-corrected chi connectivity index (χ0v) is 7.41. The summed E-state index contributed by atoms with van der Waals surface area (Å²) in [7, 11) is 0. The van der Waals surface area contributed by atoms with Gasteiger partial charge >= 0.3 is 0 Å². The van der Waals surface area contributed by atoms with E-state index in [2.05, 4.69) is 10.3 Å². The minimum absolute atomic E-state index is 0.129. The molecule has 2 unspecified atom stereocenters. The van der Waals surface area contributed by atoms with Crippen LogP contribution in [0, 0.1) is 5.92 Å². The number of nitrogens with zero attached hydrogens (tertiary/aromatic N) is 1. The predicted molar refractivity (Wildman–Crippen MR) is 49.3 cm³/mol. The van der Waals surface area contributed by atoms with Crippen LogP contribution in [0.4, 0.5) is 4.39 Å². The van der Waals surface area contributed by atoms with Crippen LogP contribution in [0.3, 0.4) is 0 Å². The minimum atomic E-state index is -0.243. The molecule has 1 saturated heterocycles. The van der Waals surface area contributed by atoms with Crippen LogP contribution in [0.1, 0.15) is 11.5 Å². The van der Waals surface area contributed by atoms with Crippen molar-refractivity contribution >= 4 is 0 Å². The minimum Gasteiger partial charge on any atom is -0.316 e. The molecule has 0 amide bonds. The monoisotopic (exact) mass is 180 g/mol. The summed E-state index contributed by atoms with van der Waals surface area (Å²) in [5.74, 6) is 0.433. The lowest BCUT2D eigenvalue weighted by Crippen LogP contribution is -2.12. The summed E-state index contributed by atoms with van der Waals surface area (Å²) in [5, 5.41) is 3.20. The fraction of sp³-hybridized carbons (Fsp3) is 0.500. The Morgan fingerprint density at radius 3 is 3.15 bits per heavy atom. The largest absolute Gasteiger partial charge is 0.316 e. The third kappa shape index (κ3) is 1.70. The highest BCUT2D eigenvalue weighted by atomic mass is 19.1. The molecular formula is C10H13FN2. The van der Waals surface area contributed by atoms with E-state index in [0.29, 0.717) is 5.92 Å². The van der Waals surface area contributed by atoms with Gasteiger partial charge in [0.2, 0.25) is 0 Å². The van der Waals surface area contributed by atoms with Gasteiger partial charge in [-0.2, -0.15) is 0 Å². The molecule has 1 aromatic rings. The van der Waals surface area contributed by atoms with Gasteiger partial charge in [-0.15, -0.1) is 0 Å². The maximum atomic E-state index is 12.6. The molecule has 2 nitrogen and oxygen atoms in total. The van der Waals surface area contributed by atoms with Gasteiger partial charge in [-0.1, -0.05) is 6.07 Å². The molecule has 3 heteroatoms. The lowest BCUT2D eigenvalue weighted by molar-refractivity contribution is 0.358. The molecule has 1 fully saturated rings. The van der Waals surface area contributed by atoms with E-state index in [1.165, 1.54) is 0 Å². The van der Waals surface area contributed by atoms with E-state index >= 15 is 0 Å². The second kappa shape index (κ2) is 3.83. The number of hydrogen-bond acceptors (Lipinski definition) is 2. The third-order valence-electron chi connectivity index (χ3n) is 2.65. The van der Waals surface area contributed by atoms with Crippen molar-refractivity contribution in [1.82, 2.24) is 10.3 Å². The summed E-state index contributed by atoms with van der Waals surface area (Å²) in [4.78, 5) is 4.05. The Morgan fingerprint density at radius 2 is 2.46 bits per heavy atom. The third-order valence-corrected chi connectivity index (χ3v) is 2.65. The van der Waals surface area contributed by atoms with Crippen LogP contribution in [0.25, 0.3) is 0 Å². The van der Waals surface area contributed by atoms with Gasteiger partial charge in [-0.25, -0.2) is 0 Å². The van der Waals surface area contributed by atoms with Crippen molar-refractivity contribution in [1.29, 1.82) is 0 Å². The predicted octanol–water partition coefficient (Wildman–Crippen LogP) is 1.35. The zero-order valence-electron chi connectivity index (χ0n) is 7.41.